The van der Waals surface area contributed by atoms with Crippen LogP contribution in [0.25, 0.3) is 0 Å². The molecule has 146 valence electrons. The van der Waals surface area contributed by atoms with Crippen molar-refractivity contribution in [2.24, 2.45) is 0 Å². The Balaban J connectivity index is 3.00. The molecule has 0 radical (unpaired) electrons. The monoisotopic (exact) mass is 407 g/mol. The number of allylic oxidation sites excluding steroid dienone is 1. The van der Waals surface area contributed by atoms with Crippen LogP contribution in [0.3, 0.4) is 0 Å². The molecule has 1 aliphatic rings. The number of carbonyl (C=O) groups excluding carboxylic acids is 2. The number of carboxylic acid groups (broad SMARTS) is 2. The molecule has 11 heteroatoms. The van der Waals surface area contributed by atoms with Crippen molar-refractivity contribution >= 4 is 23.5 Å². The van der Waals surface area contributed by atoms with Crippen molar-refractivity contribution in [1.29, 1.82) is 0 Å². The highest BCUT2D eigenvalue weighted by Gasteiger charge is 2.43. The summed E-state index contributed by atoms with van der Waals surface area (Å²) >= 11 is 5.56. The molecular formula is C16H10ClF4NO5-2. The topological polar surface area (TPSA) is 113 Å². The molecule has 1 aliphatic heterocycles. The highest BCUT2D eigenvalue weighted by molar-refractivity contribution is 6.31. The van der Waals surface area contributed by atoms with Crippen molar-refractivity contribution in [3.8, 4) is 0 Å². The first-order valence-corrected chi connectivity index (χ1v) is 7.59. The summed E-state index contributed by atoms with van der Waals surface area (Å²) in [5.41, 5.74) is -5.97. The van der Waals surface area contributed by atoms with Gasteiger partial charge in [0.2, 0.25) is 0 Å². The van der Waals surface area contributed by atoms with E-state index in [9.17, 15) is 42.5 Å². The minimum atomic E-state index is -5.24. The summed E-state index contributed by atoms with van der Waals surface area (Å²) in [7, 11) is 0. The zero-order chi connectivity index (χ0) is 20.7. The fraction of sp³-hybridized carbons (Fsp3) is 0.250. The number of rotatable bonds is 4. The minimum absolute atomic E-state index is 0.332. The fourth-order valence-electron chi connectivity index (χ4n) is 2.96. The molecular weight excluding hydrogens is 398 g/mol. The average Bonchev–Trinajstić information content (AvgIpc) is 2.53. The quantitative estimate of drug-likeness (QED) is 0.690. The minimum Gasteiger partial charge on any atom is -0.545 e. The van der Waals surface area contributed by atoms with Crippen LogP contribution in [-0.4, -0.2) is 23.7 Å². The van der Waals surface area contributed by atoms with Crippen molar-refractivity contribution in [2.45, 2.75) is 19.0 Å². The number of aliphatic carboxylic acids is 2. The average molecular weight is 408 g/mol. The number of carboxylic acids is 2. The van der Waals surface area contributed by atoms with Gasteiger partial charge in [-0.15, -0.1) is 0 Å². The zero-order valence-corrected chi connectivity index (χ0v) is 14.2. The molecule has 0 bridgehead atoms. The Kier molecular flexibility index (Phi) is 5.52. The van der Waals surface area contributed by atoms with E-state index >= 15 is 0 Å². The number of nitrogens with one attached hydrogen (secondary N) is 1. The standard InChI is InChI=1S/C16H12ClF4NO5/c1-5-9(14(24)25)12(11(15(26)27)8(4-23)22-5)10-7(18)3-2-6(17)13(10)16(19,20)21/h2-3,12,22-23H,4H2,1H3,(H,24,25)(H,26,27)/p-2. The van der Waals surface area contributed by atoms with E-state index in [-0.39, 0.29) is 5.70 Å². The molecule has 0 amide bonds. The third-order valence-electron chi connectivity index (χ3n) is 3.96. The highest BCUT2D eigenvalue weighted by atomic mass is 35.5. The number of halogens is 5. The maximum absolute atomic E-state index is 14.5. The molecule has 0 aromatic heterocycles. The van der Waals surface area contributed by atoms with Crippen molar-refractivity contribution in [1.82, 2.24) is 5.32 Å². The second kappa shape index (κ2) is 7.20. The Hall–Kier alpha value is -2.59. The lowest BCUT2D eigenvalue weighted by atomic mass is 9.78. The Morgan fingerprint density at radius 1 is 1.22 bits per heavy atom. The largest absolute Gasteiger partial charge is 0.545 e. The van der Waals surface area contributed by atoms with E-state index in [0.29, 0.717) is 12.1 Å². The molecule has 6 nitrogen and oxygen atoms in total. The number of hydrogen-bond acceptors (Lipinski definition) is 6. The van der Waals surface area contributed by atoms with Crippen molar-refractivity contribution in [3.63, 3.8) is 0 Å². The summed E-state index contributed by atoms with van der Waals surface area (Å²) in [6, 6.07) is 1.15. The molecule has 2 rings (SSSR count). The summed E-state index contributed by atoms with van der Waals surface area (Å²) in [5, 5.41) is 33.7. The first-order valence-electron chi connectivity index (χ1n) is 7.21. The Labute approximate surface area is 154 Å². The van der Waals surface area contributed by atoms with Gasteiger partial charge in [-0.3, -0.25) is 0 Å². The number of aliphatic hydroxyl groups is 1. The first-order chi connectivity index (χ1) is 12.4. The molecule has 0 saturated carbocycles. The molecule has 27 heavy (non-hydrogen) atoms. The van der Waals surface area contributed by atoms with E-state index in [0.717, 1.165) is 6.92 Å². The van der Waals surface area contributed by atoms with Gasteiger partial charge in [0.25, 0.3) is 0 Å². The lowest BCUT2D eigenvalue weighted by molar-refractivity contribution is -0.300. The number of benzene rings is 1. The Morgan fingerprint density at radius 2 is 1.78 bits per heavy atom. The van der Waals surface area contributed by atoms with Crippen LogP contribution in [0.5, 0.6) is 0 Å². The highest BCUT2D eigenvalue weighted by Crippen LogP contribution is 2.47. The van der Waals surface area contributed by atoms with E-state index in [4.69, 9.17) is 11.6 Å². The maximum atomic E-state index is 14.5. The van der Waals surface area contributed by atoms with Gasteiger partial charge in [0.05, 0.1) is 29.1 Å². The Morgan fingerprint density at radius 3 is 2.22 bits per heavy atom. The summed E-state index contributed by atoms with van der Waals surface area (Å²) in [6.45, 7) is 0.0799. The first kappa shape index (κ1) is 20.7. The van der Waals surface area contributed by atoms with Crippen LogP contribution in [0.4, 0.5) is 17.6 Å². The third kappa shape index (κ3) is 3.62. The van der Waals surface area contributed by atoms with Gasteiger partial charge in [0.1, 0.15) is 5.82 Å². The molecule has 0 fully saturated rings. The zero-order valence-electron chi connectivity index (χ0n) is 13.4. The molecule has 1 aromatic carbocycles. The third-order valence-corrected chi connectivity index (χ3v) is 4.27. The smallest absolute Gasteiger partial charge is 0.418 e. The summed E-state index contributed by atoms with van der Waals surface area (Å²) < 4.78 is 55.0. The fourth-order valence-corrected chi connectivity index (χ4v) is 3.23. The second-order valence-electron chi connectivity index (χ2n) is 5.54. The molecule has 0 spiro atoms. The summed E-state index contributed by atoms with van der Waals surface area (Å²) in [5.74, 6) is -7.96. The van der Waals surface area contributed by atoms with Crippen LogP contribution in [-0.2, 0) is 15.8 Å². The molecule has 0 aliphatic carbocycles. The number of carbonyl (C=O) groups is 2. The molecule has 1 unspecified atom stereocenters. The number of dihydropyridines is 1. The van der Waals surface area contributed by atoms with Crippen LogP contribution < -0.4 is 15.5 Å². The van der Waals surface area contributed by atoms with E-state index in [1.165, 1.54) is 0 Å². The molecule has 1 atom stereocenters. The van der Waals surface area contributed by atoms with Gasteiger partial charge < -0.3 is 30.2 Å². The van der Waals surface area contributed by atoms with Gasteiger partial charge in [-0.1, -0.05) is 11.6 Å². The lowest BCUT2D eigenvalue weighted by Crippen LogP contribution is -2.42. The van der Waals surface area contributed by atoms with E-state index in [1.807, 2.05) is 0 Å². The molecule has 2 N–H and O–H groups in total. The Bertz CT molecular complexity index is 892. The molecule has 1 heterocycles. The van der Waals surface area contributed by atoms with Crippen LogP contribution in [0.1, 0.15) is 24.0 Å². The van der Waals surface area contributed by atoms with Gasteiger partial charge in [-0.25, -0.2) is 4.39 Å². The van der Waals surface area contributed by atoms with Gasteiger partial charge in [0, 0.05) is 34.0 Å². The van der Waals surface area contributed by atoms with Crippen molar-refractivity contribution in [2.75, 3.05) is 6.61 Å². The maximum Gasteiger partial charge on any atom is 0.418 e. The molecule has 1 aromatic rings. The van der Waals surface area contributed by atoms with Crippen LogP contribution in [0.2, 0.25) is 5.02 Å². The number of aliphatic hydroxyl groups excluding tert-OH is 1. The van der Waals surface area contributed by atoms with Crippen molar-refractivity contribution < 1.29 is 42.5 Å². The number of hydrogen-bond donors (Lipinski definition) is 2. The van der Waals surface area contributed by atoms with Gasteiger partial charge in [-0.2, -0.15) is 13.2 Å². The SMILES string of the molecule is CC1=C(C(=O)[O-])C(c2c(F)ccc(Cl)c2C(F)(F)F)C(C(=O)[O-])=C(CO)N1. The van der Waals surface area contributed by atoms with Crippen LogP contribution in [0.15, 0.2) is 34.7 Å². The molecule has 0 saturated heterocycles. The van der Waals surface area contributed by atoms with Crippen molar-refractivity contribution in [3.05, 3.63) is 56.6 Å². The lowest BCUT2D eigenvalue weighted by Gasteiger charge is -2.35. The van der Waals surface area contributed by atoms with E-state index in [1.54, 1.807) is 0 Å². The van der Waals surface area contributed by atoms with Crippen LogP contribution in [0, 0.1) is 5.82 Å². The normalized spacial score (nSPS) is 17.8. The van der Waals surface area contributed by atoms with Crippen LogP contribution >= 0.6 is 11.6 Å². The predicted octanol–water partition coefficient (Wildman–Crippen LogP) is 0.205. The number of alkyl halides is 3. The van der Waals surface area contributed by atoms with Gasteiger partial charge in [0.15, 0.2) is 0 Å². The van der Waals surface area contributed by atoms with E-state index < -0.39 is 69.4 Å². The second-order valence-corrected chi connectivity index (χ2v) is 5.94. The summed E-state index contributed by atoms with van der Waals surface area (Å²) in [4.78, 5) is 23.1. The summed E-state index contributed by atoms with van der Waals surface area (Å²) in [6.07, 6.45) is -5.24. The van der Waals surface area contributed by atoms with Gasteiger partial charge >= 0.3 is 6.18 Å². The predicted molar refractivity (Wildman–Crippen MR) is 79.1 cm³/mol. The van der Waals surface area contributed by atoms with Gasteiger partial charge in [-0.05, 0) is 19.1 Å². The van der Waals surface area contributed by atoms with E-state index in [2.05, 4.69) is 5.32 Å².